The summed E-state index contributed by atoms with van der Waals surface area (Å²) in [6.45, 7) is 3.58. The minimum atomic E-state index is -0.453. The topological polar surface area (TPSA) is 38.1 Å². The van der Waals surface area contributed by atoms with E-state index in [1.807, 2.05) is 24.3 Å². The highest BCUT2D eigenvalue weighted by Crippen LogP contribution is 2.26. The molecule has 0 bridgehead atoms. The van der Waals surface area contributed by atoms with Gasteiger partial charge in [0.2, 0.25) is 0 Å². The number of nitrogens with zero attached hydrogens (tertiary/aromatic N) is 3. The van der Waals surface area contributed by atoms with Crippen molar-refractivity contribution in [2.24, 2.45) is 4.99 Å². The summed E-state index contributed by atoms with van der Waals surface area (Å²) in [5.41, 5.74) is 0.899. The zero-order valence-corrected chi connectivity index (χ0v) is 13.6. The van der Waals surface area contributed by atoms with Crippen molar-refractivity contribution in [1.29, 1.82) is 0 Å². The minimum Gasteiger partial charge on any atom is -0.237 e. The highest BCUT2D eigenvalue weighted by atomic mass is 79.9. The first kappa shape index (κ1) is 10.2. The maximum atomic E-state index is 8.19. The molecule has 3 aromatic rings. The van der Waals surface area contributed by atoms with Crippen LogP contribution >= 0.6 is 15.9 Å². The Labute approximate surface area is 150 Å². The molecule has 0 aliphatic rings. The molecule has 0 N–H and O–H groups in total. The van der Waals surface area contributed by atoms with E-state index in [-0.39, 0.29) is 29.2 Å². The molecule has 0 saturated carbocycles. The number of allylic oxidation sites excluding steroid dienone is 1. The van der Waals surface area contributed by atoms with Gasteiger partial charge in [-0.05, 0) is 12.1 Å². The Morgan fingerprint density at radius 1 is 1.04 bits per heavy atom. The third-order valence-corrected chi connectivity index (χ3v) is 3.41. The molecule has 4 heteroatoms. The molecule has 2 aromatic carbocycles. The fraction of sp³-hybridized carbons (Fsp3) is 0. The van der Waals surface area contributed by atoms with Gasteiger partial charge in [0.15, 0.2) is 11.6 Å². The first-order valence-electron chi connectivity index (χ1n) is 9.21. The van der Waals surface area contributed by atoms with Crippen molar-refractivity contribution in [2.75, 3.05) is 0 Å². The van der Waals surface area contributed by atoms with Crippen LogP contribution < -0.4 is 0 Å². The van der Waals surface area contributed by atoms with Crippen molar-refractivity contribution < 1.29 is 6.85 Å². The number of rotatable bonds is 4. The van der Waals surface area contributed by atoms with Crippen LogP contribution in [0, 0.1) is 0 Å². The van der Waals surface area contributed by atoms with Gasteiger partial charge in [-0.25, -0.2) is 15.0 Å². The van der Waals surface area contributed by atoms with E-state index in [0.717, 1.165) is 4.47 Å². The van der Waals surface area contributed by atoms with Gasteiger partial charge >= 0.3 is 0 Å². The van der Waals surface area contributed by atoms with Crippen molar-refractivity contribution in [3.8, 4) is 22.6 Å². The lowest BCUT2D eigenvalue weighted by molar-refractivity contribution is 1.16. The van der Waals surface area contributed by atoms with Crippen molar-refractivity contribution >= 4 is 28.0 Å². The average Bonchev–Trinajstić information content (AvgIpc) is 2.70. The monoisotopic (exact) mass is 368 g/mol. The first-order chi connectivity index (χ1) is 13.3. The standard InChI is InChI=1S/C19H14BrN3/c1-2-12-21-18-13-17(14-6-4-3-5-7-14)22-19(23-18)15-8-10-16(20)11-9-15/h2-13H,1H2/i3D,4D,5D,6D,7D. The van der Waals surface area contributed by atoms with Gasteiger partial charge in [-0.2, -0.15) is 0 Å². The summed E-state index contributed by atoms with van der Waals surface area (Å²) in [5.74, 6) is 0.614. The third kappa shape index (κ3) is 3.79. The molecule has 0 atom stereocenters. The van der Waals surface area contributed by atoms with Crippen LogP contribution in [0.3, 0.4) is 0 Å². The number of halogens is 1. The molecule has 0 aliphatic heterocycles. The lowest BCUT2D eigenvalue weighted by atomic mass is 10.1. The summed E-state index contributed by atoms with van der Waals surface area (Å²) in [5, 5.41) is 0. The van der Waals surface area contributed by atoms with Crippen LogP contribution in [0.15, 0.2) is 82.7 Å². The Balaban J connectivity index is 2.30. The molecule has 0 fully saturated rings. The molecule has 1 heterocycles. The maximum absolute atomic E-state index is 8.19. The molecular weight excluding hydrogens is 350 g/mol. The number of aliphatic imine (C=N–C) groups is 1. The van der Waals surface area contributed by atoms with Crippen LogP contribution in [0.2, 0.25) is 0 Å². The summed E-state index contributed by atoms with van der Waals surface area (Å²) in [6, 6.07) is 6.83. The summed E-state index contributed by atoms with van der Waals surface area (Å²) in [4.78, 5) is 13.0. The van der Waals surface area contributed by atoms with Crippen LogP contribution in [0.25, 0.3) is 22.6 Å². The Morgan fingerprint density at radius 3 is 2.48 bits per heavy atom. The number of hydrogen-bond donors (Lipinski definition) is 0. The van der Waals surface area contributed by atoms with E-state index < -0.39 is 18.1 Å². The van der Waals surface area contributed by atoms with Crippen molar-refractivity contribution in [3.63, 3.8) is 0 Å². The van der Waals surface area contributed by atoms with Crippen LogP contribution in [-0.4, -0.2) is 16.2 Å². The molecule has 23 heavy (non-hydrogen) atoms. The van der Waals surface area contributed by atoms with Crippen molar-refractivity contribution in [1.82, 2.24) is 9.97 Å². The van der Waals surface area contributed by atoms with E-state index >= 15 is 0 Å². The van der Waals surface area contributed by atoms with Gasteiger partial charge in [-0.15, -0.1) is 0 Å². The molecule has 0 radical (unpaired) electrons. The summed E-state index contributed by atoms with van der Waals surface area (Å²) < 4.78 is 40.8. The average molecular weight is 369 g/mol. The number of benzene rings is 2. The van der Waals surface area contributed by atoms with Crippen molar-refractivity contribution in [3.05, 3.63) is 77.7 Å². The maximum Gasteiger partial charge on any atom is 0.162 e. The van der Waals surface area contributed by atoms with Crippen LogP contribution in [0.4, 0.5) is 5.82 Å². The Hall–Kier alpha value is -2.59. The highest BCUT2D eigenvalue weighted by Gasteiger charge is 2.08. The van der Waals surface area contributed by atoms with Gasteiger partial charge < -0.3 is 0 Å². The van der Waals surface area contributed by atoms with Crippen LogP contribution in [0.1, 0.15) is 6.85 Å². The summed E-state index contributed by atoms with van der Waals surface area (Å²) in [7, 11) is 0. The molecule has 1 aromatic heterocycles. The molecule has 0 unspecified atom stereocenters. The lowest BCUT2D eigenvalue weighted by Gasteiger charge is -2.06. The molecule has 0 amide bonds. The normalized spacial score (nSPS) is 13.9. The molecule has 3 rings (SSSR count). The van der Waals surface area contributed by atoms with Gasteiger partial charge in [0.25, 0.3) is 0 Å². The number of aromatic nitrogens is 2. The van der Waals surface area contributed by atoms with E-state index in [0.29, 0.717) is 11.4 Å². The van der Waals surface area contributed by atoms with Gasteiger partial charge in [0.1, 0.15) is 0 Å². The Bertz CT molecular complexity index is 1070. The van der Waals surface area contributed by atoms with Gasteiger partial charge in [-0.1, -0.05) is 70.9 Å². The highest BCUT2D eigenvalue weighted by molar-refractivity contribution is 9.10. The number of hydrogen-bond acceptors (Lipinski definition) is 3. The zero-order valence-electron chi connectivity index (χ0n) is 17.0. The first-order valence-corrected chi connectivity index (χ1v) is 7.50. The summed E-state index contributed by atoms with van der Waals surface area (Å²) in [6.07, 6.45) is 2.95. The Morgan fingerprint density at radius 2 is 1.78 bits per heavy atom. The lowest BCUT2D eigenvalue weighted by Crippen LogP contribution is -1.92. The van der Waals surface area contributed by atoms with E-state index in [4.69, 9.17) is 6.85 Å². The summed E-state index contributed by atoms with van der Waals surface area (Å²) >= 11 is 3.38. The van der Waals surface area contributed by atoms with Gasteiger partial charge in [0, 0.05) is 27.9 Å². The predicted octanol–water partition coefficient (Wildman–Crippen LogP) is 5.46. The fourth-order valence-corrected chi connectivity index (χ4v) is 2.13. The predicted molar refractivity (Wildman–Crippen MR) is 99.0 cm³/mol. The largest absolute Gasteiger partial charge is 0.237 e. The van der Waals surface area contributed by atoms with E-state index in [2.05, 4.69) is 37.5 Å². The van der Waals surface area contributed by atoms with Gasteiger partial charge in [-0.3, -0.25) is 0 Å². The van der Waals surface area contributed by atoms with Crippen LogP contribution in [-0.2, 0) is 0 Å². The second kappa shape index (κ2) is 7.11. The molecular formula is C19H14BrN3. The molecule has 0 saturated heterocycles. The van der Waals surface area contributed by atoms with Crippen molar-refractivity contribution in [2.45, 2.75) is 0 Å². The third-order valence-electron chi connectivity index (χ3n) is 2.88. The minimum absolute atomic E-state index is 0.00168. The fourth-order valence-electron chi connectivity index (χ4n) is 1.86. The molecule has 112 valence electrons. The van der Waals surface area contributed by atoms with Crippen LogP contribution in [0.5, 0.6) is 0 Å². The van der Waals surface area contributed by atoms with Gasteiger partial charge in [0.05, 0.1) is 12.5 Å². The molecule has 0 aliphatic carbocycles. The van der Waals surface area contributed by atoms with E-state index in [9.17, 15) is 0 Å². The SMILES string of the molecule is [2H]c1c([2H])c([2H])c(-c2cc(N=CC=C)nc(-c3ccc(Br)cc3)n2)c([2H])c1[2H]. The second-order valence-corrected chi connectivity index (χ2v) is 5.37. The smallest absolute Gasteiger partial charge is 0.162 e. The molecule has 3 nitrogen and oxygen atoms in total. The molecule has 0 spiro atoms. The zero-order chi connectivity index (χ0) is 20.4. The van der Waals surface area contributed by atoms with E-state index in [1.165, 1.54) is 18.4 Å². The quantitative estimate of drug-likeness (QED) is 0.573. The second-order valence-electron chi connectivity index (χ2n) is 4.46. The van der Waals surface area contributed by atoms with E-state index in [1.54, 1.807) is 0 Å². The Kier molecular flexibility index (Phi) is 3.17.